The van der Waals surface area contributed by atoms with Crippen LogP contribution in [-0.2, 0) is 6.18 Å². The SMILES string of the molecule is Cl.Cl.FC(F)(F)c1cc(-c2ccnc(N3CCNCC3)c2)c2ccccc2n1. The van der Waals surface area contributed by atoms with E-state index in [1.807, 2.05) is 6.07 Å². The van der Waals surface area contributed by atoms with Crippen LogP contribution in [0.3, 0.4) is 0 Å². The minimum Gasteiger partial charge on any atom is -0.354 e. The Morgan fingerprint density at radius 2 is 1.68 bits per heavy atom. The molecule has 0 spiro atoms. The van der Waals surface area contributed by atoms with Gasteiger partial charge in [0.15, 0.2) is 0 Å². The summed E-state index contributed by atoms with van der Waals surface area (Å²) >= 11 is 0. The topological polar surface area (TPSA) is 41.1 Å². The Balaban J connectivity index is 0.00000140. The van der Waals surface area contributed by atoms with E-state index in [0.29, 0.717) is 22.0 Å². The van der Waals surface area contributed by atoms with Crippen LogP contribution in [0.1, 0.15) is 5.69 Å². The smallest absolute Gasteiger partial charge is 0.354 e. The Labute approximate surface area is 173 Å². The predicted molar refractivity (Wildman–Crippen MR) is 110 cm³/mol. The number of alkyl halides is 3. The second kappa shape index (κ2) is 8.94. The van der Waals surface area contributed by atoms with E-state index >= 15 is 0 Å². The number of halogens is 5. The van der Waals surface area contributed by atoms with Gasteiger partial charge in [-0.1, -0.05) is 18.2 Å². The molecule has 0 bridgehead atoms. The van der Waals surface area contributed by atoms with Crippen LogP contribution in [0.15, 0.2) is 48.7 Å². The third-order valence-electron chi connectivity index (χ3n) is 4.50. The van der Waals surface area contributed by atoms with Crippen LogP contribution >= 0.6 is 24.8 Å². The highest BCUT2D eigenvalue weighted by Gasteiger charge is 2.33. The summed E-state index contributed by atoms with van der Waals surface area (Å²) in [6.07, 6.45) is -2.84. The Kier molecular flexibility index (Phi) is 7.09. The monoisotopic (exact) mass is 430 g/mol. The molecule has 150 valence electrons. The summed E-state index contributed by atoms with van der Waals surface area (Å²) in [5.41, 5.74) is 0.670. The molecule has 3 heterocycles. The van der Waals surface area contributed by atoms with Crippen molar-refractivity contribution in [3.8, 4) is 11.1 Å². The number of hydrogen-bond donors (Lipinski definition) is 1. The maximum Gasteiger partial charge on any atom is 0.433 e. The highest BCUT2D eigenvalue weighted by molar-refractivity contribution is 5.95. The van der Waals surface area contributed by atoms with Gasteiger partial charge in [-0.25, -0.2) is 9.97 Å². The summed E-state index contributed by atoms with van der Waals surface area (Å²) in [6, 6.07) is 11.6. The quantitative estimate of drug-likeness (QED) is 0.646. The second-order valence-electron chi connectivity index (χ2n) is 6.21. The number of piperazine rings is 1. The van der Waals surface area contributed by atoms with Crippen molar-refractivity contribution in [3.63, 3.8) is 0 Å². The molecule has 0 amide bonds. The number of anilines is 1. The molecule has 0 radical (unpaired) electrons. The van der Waals surface area contributed by atoms with Gasteiger partial charge in [0.1, 0.15) is 11.5 Å². The van der Waals surface area contributed by atoms with Crippen LogP contribution in [0.4, 0.5) is 19.0 Å². The number of aromatic nitrogens is 2. The van der Waals surface area contributed by atoms with Gasteiger partial charge in [-0.15, -0.1) is 24.8 Å². The lowest BCUT2D eigenvalue weighted by Crippen LogP contribution is -2.43. The van der Waals surface area contributed by atoms with Crippen molar-refractivity contribution in [2.45, 2.75) is 6.18 Å². The zero-order valence-electron chi connectivity index (χ0n) is 14.7. The van der Waals surface area contributed by atoms with E-state index in [0.717, 1.165) is 38.1 Å². The lowest BCUT2D eigenvalue weighted by molar-refractivity contribution is -0.140. The van der Waals surface area contributed by atoms with Crippen LogP contribution < -0.4 is 10.2 Å². The van der Waals surface area contributed by atoms with Gasteiger partial charge in [0, 0.05) is 37.8 Å². The number of hydrogen-bond acceptors (Lipinski definition) is 4. The van der Waals surface area contributed by atoms with Crippen LogP contribution in [0, 0.1) is 0 Å². The maximum atomic E-state index is 13.3. The van der Waals surface area contributed by atoms with E-state index in [2.05, 4.69) is 20.2 Å². The summed E-state index contributed by atoms with van der Waals surface area (Å²) in [4.78, 5) is 10.3. The average Bonchev–Trinajstić information content (AvgIpc) is 2.67. The molecule has 28 heavy (non-hydrogen) atoms. The molecule has 1 aliphatic heterocycles. The maximum absolute atomic E-state index is 13.3. The standard InChI is InChI=1S/C19H17F3N4.2ClH/c20-19(21,22)17-12-15(14-3-1-2-4-16(14)25-17)13-5-6-24-18(11-13)26-9-7-23-8-10-26;;/h1-6,11-12,23H,7-10H2;2*1H. The molecule has 0 aliphatic carbocycles. The Morgan fingerprint density at radius 3 is 2.39 bits per heavy atom. The Morgan fingerprint density at radius 1 is 0.964 bits per heavy atom. The largest absolute Gasteiger partial charge is 0.433 e. The van der Waals surface area contributed by atoms with Crippen molar-refractivity contribution in [1.29, 1.82) is 0 Å². The minimum absolute atomic E-state index is 0. The number of nitrogens with zero attached hydrogens (tertiary/aromatic N) is 3. The lowest BCUT2D eigenvalue weighted by Gasteiger charge is -2.28. The van der Waals surface area contributed by atoms with Crippen LogP contribution in [0.5, 0.6) is 0 Å². The molecule has 0 saturated carbocycles. The highest BCUT2D eigenvalue weighted by atomic mass is 35.5. The van der Waals surface area contributed by atoms with Gasteiger partial charge < -0.3 is 10.2 Å². The normalized spacial score (nSPS) is 14.3. The molecule has 0 atom stereocenters. The second-order valence-corrected chi connectivity index (χ2v) is 6.21. The third kappa shape index (κ3) is 4.48. The number of fused-ring (bicyclic) bond motifs is 1. The first-order valence-electron chi connectivity index (χ1n) is 8.41. The van der Waals surface area contributed by atoms with Crippen molar-refractivity contribution in [1.82, 2.24) is 15.3 Å². The van der Waals surface area contributed by atoms with Gasteiger partial charge in [-0.2, -0.15) is 13.2 Å². The molecule has 1 saturated heterocycles. The molecule has 3 aromatic rings. The molecular formula is C19H19Cl2F3N4. The first kappa shape index (κ1) is 22.2. The Hall–Kier alpha value is -2.09. The highest BCUT2D eigenvalue weighted by Crippen LogP contribution is 2.35. The number of benzene rings is 1. The van der Waals surface area contributed by atoms with Crippen LogP contribution in [0.25, 0.3) is 22.0 Å². The third-order valence-corrected chi connectivity index (χ3v) is 4.50. The zero-order valence-corrected chi connectivity index (χ0v) is 16.4. The molecule has 1 aliphatic rings. The van der Waals surface area contributed by atoms with E-state index in [9.17, 15) is 13.2 Å². The zero-order chi connectivity index (χ0) is 18.1. The van der Waals surface area contributed by atoms with Gasteiger partial charge >= 0.3 is 6.18 Å². The van der Waals surface area contributed by atoms with Crippen LogP contribution in [-0.4, -0.2) is 36.1 Å². The molecule has 4 rings (SSSR count). The van der Waals surface area contributed by atoms with Gasteiger partial charge in [-0.05, 0) is 35.4 Å². The van der Waals surface area contributed by atoms with Gasteiger partial charge in [0.2, 0.25) is 0 Å². The average molecular weight is 431 g/mol. The molecule has 1 aromatic carbocycles. The number of rotatable bonds is 2. The van der Waals surface area contributed by atoms with E-state index in [1.165, 1.54) is 0 Å². The van der Waals surface area contributed by atoms with Crippen molar-refractivity contribution in [2.75, 3.05) is 31.1 Å². The van der Waals surface area contributed by atoms with Gasteiger partial charge in [0.05, 0.1) is 5.52 Å². The van der Waals surface area contributed by atoms with E-state index in [-0.39, 0.29) is 24.8 Å². The van der Waals surface area contributed by atoms with Crippen molar-refractivity contribution < 1.29 is 13.2 Å². The molecule has 1 N–H and O–H groups in total. The lowest BCUT2D eigenvalue weighted by atomic mass is 10.0. The van der Waals surface area contributed by atoms with Gasteiger partial charge in [-0.3, -0.25) is 0 Å². The van der Waals surface area contributed by atoms with E-state index < -0.39 is 11.9 Å². The van der Waals surface area contributed by atoms with Gasteiger partial charge in [0.25, 0.3) is 0 Å². The summed E-state index contributed by atoms with van der Waals surface area (Å²) in [6.45, 7) is 3.37. The van der Waals surface area contributed by atoms with Crippen LogP contribution in [0.2, 0.25) is 0 Å². The number of nitrogens with one attached hydrogen (secondary N) is 1. The van der Waals surface area contributed by atoms with E-state index in [1.54, 1.807) is 36.5 Å². The molecule has 0 unspecified atom stereocenters. The Bertz CT molecular complexity index is 944. The number of pyridine rings is 2. The minimum atomic E-state index is -4.49. The fraction of sp³-hybridized carbons (Fsp3) is 0.263. The molecule has 2 aromatic heterocycles. The molecular weight excluding hydrogens is 412 g/mol. The fourth-order valence-corrected chi connectivity index (χ4v) is 3.21. The van der Waals surface area contributed by atoms with E-state index in [4.69, 9.17) is 0 Å². The molecule has 4 nitrogen and oxygen atoms in total. The summed E-state index contributed by atoms with van der Waals surface area (Å²) in [5, 5.41) is 3.97. The number of para-hydroxylation sites is 1. The van der Waals surface area contributed by atoms with Crippen molar-refractivity contribution >= 4 is 41.5 Å². The summed E-state index contributed by atoms with van der Waals surface area (Å²) < 4.78 is 39.9. The molecule has 1 fully saturated rings. The predicted octanol–water partition coefficient (Wildman–Crippen LogP) is 4.57. The first-order valence-corrected chi connectivity index (χ1v) is 8.41. The summed E-state index contributed by atoms with van der Waals surface area (Å²) in [7, 11) is 0. The van der Waals surface area contributed by atoms with Crippen molar-refractivity contribution in [2.24, 2.45) is 0 Å². The molecule has 9 heteroatoms. The summed E-state index contributed by atoms with van der Waals surface area (Å²) in [5.74, 6) is 0.776. The van der Waals surface area contributed by atoms with Crippen molar-refractivity contribution in [3.05, 3.63) is 54.4 Å². The first-order chi connectivity index (χ1) is 12.5. The fourth-order valence-electron chi connectivity index (χ4n) is 3.21.